The summed E-state index contributed by atoms with van der Waals surface area (Å²) in [6.45, 7) is 10.3. The van der Waals surface area contributed by atoms with Crippen LogP contribution in [0.3, 0.4) is 0 Å². The van der Waals surface area contributed by atoms with Crippen molar-refractivity contribution >= 4 is 0 Å². The molecule has 0 bridgehead atoms. The van der Waals surface area contributed by atoms with Crippen LogP contribution in [-0.2, 0) is 0 Å². The quantitative estimate of drug-likeness (QED) is 0.681. The van der Waals surface area contributed by atoms with Crippen LogP contribution < -0.4 is 0 Å². The number of aryl methyl sites for hydroxylation is 2. The van der Waals surface area contributed by atoms with Crippen molar-refractivity contribution < 1.29 is 5.11 Å². The number of hydrogen-bond donors (Lipinski definition) is 1. The van der Waals surface area contributed by atoms with Gasteiger partial charge in [-0.25, -0.2) is 0 Å². The molecular formula is C19H30O. The first-order chi connectivity index (χ1) is 9.62. The molecule has 0 spiro atoms. The van der Waals surface area contributed by atoms with Gasteiger partial charge in [0.15, 0.2) is 0 Å². The Labute approximate surface area is 125 Å². The summed E-state index contributed by atoms with van der Waals surface area (Å²) in [7, 11) is 0. The first-order valence-corrected chi connectivity index (χ1v) is 7.26. The molecule has 2 aromatic carbocycles. The van der Waals surface area contributed by atoms with Crippen molar-refractivity contribution in [2.45, 2.75) is 41.0 Å². The summed E-state index contributed by atoms with van der Waals surface area (Å²) in [6, 6.07) is 20.5. The van der Waals surface area contributed by atoms with Gasteiger partial charge in [-0.15, -0.1) is 0 Å². The van der Waals surface area contributed by atoms with Gasteiger partial charge in [0.2, 0.25) is 0 Å². The summed E-state index contributed by atoms with van der Waals surface area (Å²) in [5, 5.41) is 7.57. The minimum atomic E-state index is 0.250. The van der Waals surface area contributed by atoms with Gasteiger partial charge in [0.25, 0.3) is 0 Å². The minimum absolute atomic E-state index is 0.250. The molecular weight excluding hydrogens is 244 g/mol. The second kappa shape index (κ2) is 17.4. The van der Waals surface area contributed by atoms with Crippen LogP contribution in [0.4, 0.5) is 0 Å². The van der Waals surface area contributed by atoms with Crippen LogP contribution in [0.5, 0.6) is 0 Å². The lowest BCUT2D eigenvalue weighted by Gasteiger charge is -1.82. The largest absolute Gasteiger partial charge is 0.397 e. The van der Waals surface area contributed by atoms with Crippen LogP contribution in [0, 0.1) is 13.8 Å². The zero-order chi connectivity index (χ0) is 15.6. The lowest BCUT2D eigenvalue weighted by Crippen LogP contribution is -1.62. The normalized spacial score (nSPS) is 7.90. The molecule has 0 aliphatic heterocycles. The van der Waals surface area contributed by atoms with E-state index in [1.165, 1.54) is 17.5 Å². The van der Waals surface area contributed by atoms with Crippen molar-refractivity contribution in [1.82, 2.24) is 0 Å². The van der Waals surface area contributed by atoms with Crippen molar-refractivity contribution in [3.63, 3.8) is 0 Å². The predicted molar refractivity (Wildman–Crippen MR) is 91.1 cm³/mol. The molecule has 0 atom stereocenters. The van der Waals surface area contributed by atoms with E-state index in [-0.39, 0.29) is 6.61 Å². The second-order valence-electron chi connectivity index (χ2n) is 4.33. The van der Waals surface area contributed by atoms with E-state index < -0.39 is 0 Å². The molecule has 112 valence electrons. The van der Waals surface area contributed by atoms with Gasteiger partial charge in [-0.1, -0.05) is 92.1 Å². The molecule has 0 saturated heterocycles. The predicted octanol–water partition coefficient (Wildman–Crippen LogP) is 5.40. The molecule has 0 radical (unpaired) electrons. The molecule has 0 saturated carbocycles. The number of aliphatic hydroxyl groups excluding tert-OH is 1. The monoisotopic (exact) mass is 274 g/mol. The SMILES string of the molecule is CCC.CCO.Cc1ccccc1.Cc1ccccc1. The summed E-state index contributed by atoms with van der Waals surface area (Å²) in [4.78, 5) is 0. The van der Waals surface area contributed by atoms with Crippen molar-refractivity contribution in [3.05, 3.63) is 71.8 Å². The van der Waals surface area contributed by atoms with Crippen molar-refractivity contribution in [3.8, 4) is 0 Å². The van der Waals surface area contributed by atoms with E-state index in [1.807, 2.05) is 36.4 Å². The van der Waals surface area contributed by atoms with Gasteiger partial charge in [0.1, 0.15) is 0 Å². The molecule has 0 unspecified atom stereocenters. The first-order valence-electron chi connectivity index (χ1n) is 7.26. The van der Waals surface area contributed by atoms with Crippen LogP contribution in [0.2, 0.25) is 0 Å². The zero-order valence-corrected chi connectivity index (χ0v) is 13.6. The first kappa shape index (κ1) is 20.7. The van der Waals surface area contributed by atoms with Crippen LogP contribution in [0.25, 0.3) is 0 Å². The molecule has 0 aliphatic rings. The third-order valence-electron chi connectivity index (χ3n) is 1.88. The van der Waals surface area contributed by atoms with Gasteiger partial charge in [-0.2, -0.15) is 0 Å². The fourth-order valence-electron chi connectivity index (χ4n) is 1.07. The average Bonchev–Trinajstić information content (AvgIpc) is 2.43. The van der Waals surface area contributed by atoms with E-state index in [2.05, 4.69) is 52.0 Å². The Bertz CT molecular complexity index is 328. The van der Waals surface area contributed by atoms with Crippen LogP contribution in [0.1, 0.15) is 38.3 Å². The average molecular weight is 274 g/mol. The molecule has 1 heteroatoms. The van der Waals surface area contributed by atoms with Gasteiger partial charge >= 0.3 is 0 Å². The third kappa shape index (κ3) is 18.8. The Morgan fingerprint density at radius 3 is 0.950 bits per heavy atom. The number of benzene rings is 2. The molecule has 0 heterocycles. The van der Waals surface area contributed by atoms with Crippen molar-refractivity contribution in [2.24, 2.45) is 0 Å². The molecule has 1 nitrogen and oxygen atoms in total. The van der Waals surface area contributed by atoms with Crippen LogP contribution in [0.15, 0.2) is 60.7 Å². The van der Waals surface area contributed by atoms with Gasteiger partial charge in [0, 0.05) is 6.61 Å². The van der Waals surface area contributed by atoms with E-state index in [0.717, 1.165) is 0 Å². The Hall–Kier alpha value is -1.60. The Morgan fingerprint density at radius 2 is 0.850 bits per heavy atom. The summed E-state index contributed by atoms with van der Waals surface area (Å²) < 4.78 is 0. The lowest BCUT2D eigenvalue weighted by molar-refractivity contribution is 0.318. The Morgan fingerprint density at radius 1 is 0.650 bits per heavy atom. The number of aliphatic hydroxyl groups is 1. The summed E-state index contributed by atoms with van der Waals surface area (Å²) >= 11 is 0. The van der Waals surface area contributed by atoms with Gasteiger partial charge in [-0.3, -0.25) is 0 Å². The van der Waals surface area contributed by atoms with Gasteiger partial charge < -0.3 is 5.11 Å². The molecule has 0 fully saturated rings. The third-order valence-corrected chi connectivity index (χ3v) is 1.88. The van der Waals surface area contributed by atoms with E-state index in [1.54, 1.807) is 6.92 Å². The lowest BCUT2D eigenvalue weighted by atomic mass is 10.2. The highest BCUT2D eigenvalue weighted by Crippen LogP contribution is 1.92. The Kier molecular flexibility index (Phi) is 18.0. The number of rotatable bonds is 0. The van der Waals surface area contributed by atoms with E-state index in [4.69, 9.17) is 5.11 Å². The Balaban J connectivity index is 0. The molecule has 0 amide bonds. The van der Waals surface area contributed by atoms with Crippen LogP contribution in [-0.4, -0.2) is 11.7 Å². The second-order valence-corrected chi connectivity index (χ2v) is 4.33. The number of hydrogen-bond acceptors (Lipinski definition) is 1. The topological polar surface area (TPSA) is 20.2 Å². The minimum Gasteiger partial charge on any atom is -0.397 e. The maximum Gasteiger partial charge on any atom is 0.0402 e. The highest BCUT2D eigenvalue weighted by Gasteiger charge is 1.72. The maximum absolute atomic E-state index is 7.57. The molecule has 2 rings (SSSR count). The fourth-order valence-corrected chi connectivity index (χ4v) is 1.07. The smallest absolute Gasteiger partial charge is 0.0402 e. The van der Waals surface area contributed by atoms with Crippen LogP contribution >= 0.6 is 0 Å². The standard InChI is InChI=1S/2C7H8.C3H8.C2H6O/c2*1-7-5-3-2-4-6-7;1-3-2;1-2-3/h2*2-6H,1H3;3H2,1-2H3;3H,2H2,1H3. The van der Waals surface area contributed by atoms with Gasteiger partial charge in [0.05, 0.1) is 0 Å². The van der Waals surface area contributed by atoms with Gasteiger partial charge in [-0.05, 0) is 20.8 Å². The maximum atomic E-state index is 7.57. The van der Waals surface area contributed by atoms with E-state index in [0.29, 0.717) is 0 Å². The van der Waals surface area contributed by atoms with E-state index in [9.17, 15) is 0 Å². The highest BCUT2D eigenvalue weighted by molar-refractivity contribution is 5.12. The van der Waals surface area contributed by atoms with Crippen molar-refractivity contribution in [1.29, 1.82) is 0 Å². The fraction of sp³-hybridized carbons (Fsp3) is 0.368. The molecule has 2 aromatic rings. The molecule has 0 aliphatic carbocycles. The summed E-state index contributed by atoms with van der Waals surface area (Å²) in [5.41, 5.74) is 2.64. The zero-order valence-electron chi connectivity index (χ0n) is 13.6. The summed E-state index contributed by atoms with van der Waals surface area (Å²) in [5.74, 6) is 0. The molecule has 0 aromatic heterocycles. The molecule has 20 heavy (non-hydrogen) atoms. The van der Waals surface area contributed by atoms with Crippen molar-refractivity contribution in [2.75, 3.05) is 6.61 Å². The molecule has 1 N–H and O–H groups in total. The van der Waals surface area contributed by atoms with E-state index >= 15 is 0 Å². The highest BCUT2D eigenvalue weighted by atomic mass is 16.2. The summed E-state index contributed by atoms with van der Waals surface area (Å²) in [6.07, 6.45) is 1.25.